The van der Waals surface area contributed by atoms with Gasteiger partial charge in [0.25, 0.3) is 11.5 Å². The van der Waals surface area contributed by atoms with Gasteiger partial charge in [0, 0.05) is 17.6 Å². The highest BCUT2D eigenvalue weighted by molar-refractivity contribution is 7.80. The van der Waals surface area contributed by atoms with Gasteiger partial charge >= 0.3 is 0 Å². The van der Waals surface area contributed by atoms with Crippen LogP contribution in [0.5, 0.6) is 0 Å². The van der Waals surface area contributed by atoms with E-state index in [9.17, 15) is 9.59 Å². The highest BCUT2D eigenvalue weighted by atomic mass is 32.1. The number of nitrogens with one attached hydrogen (secondary N) is 3. The van der Waals surface area contributed by atoms with Crippen molar-refractivity contribution in [1.82, 2.24) is 20.6 Å². The maximum Gasteiger partial charge on any atom is 0.290 e. The molecule has 0 radical (unpaired) electrons. The third-order valence-corrected chi connectivity index (χ3v) is 4.71. The van der Waals surface area contributed by atoms with Crippen LogP contribution in [0, 0.1) is 0 Å². The van der Waals surface area contributed by atoms with E-state index >= 15 is 0 Å². The molecule has 0 aliphatic rings. The van der Waals surface area contributed by atoms with Gasteiger partial charge in [0.15, 0.2) is 10.8 Å². The summed E-state index contributed by atoms with van der Waals surface area (Å²) in [6.07, 6.45) is 0. The van der Waals surface area contributed by atoms with Crippen LogP contribution in [0.4, 0.5) is 5.69 Å². The lowest BCUT2D eigenvalue weighted by molar-refractivity contribution is 0.0938. The van der Waals surface area contributed by atoms with E-state index in [0.717, 1.165) is 5.69 Å². The maximum atomic E-state index is 12.7. The number of carbonyl (C=O) groups is 1. The molecule has 7 nitrogen and oxygen atoms in total. The zero-order valence-electron chi connectivity index (χ0n) is 16.5. The van der Waals surface area contributed by atoms with E-state index in [2.05, 4.69) is 35.1 Å². The molecule has 0 aliphatic carbocycles. The second kappa shape index (κ2) is 8.83. The fraction of sp³-hybridized carbons (Fsp3) is 0.238. The van der Waals surface area contributed by atoms with Crippen LogP contribution >= 0.6 is 12.2 Å². The fourth-order valence-corrected chi connectivity index (χ4v) is 3.07. The Morgan fingerprint density at radius 1 is 1.07 bits per heavy atom. The summed E-state index contributed by atoms with van der Waals surface area (Å²) in [6.45, 7) is 6.42. The van der Waals surface area contributed by atoms with Crippen molar-refractivity contribution >= 4 is 39.7 Å². The van der Waals surface area contributed by atoms with E-state index in [1.165, 1.54) is 10.2 Å². The molecular formula is C21H23N5O2S. The quantitative estimate of drug-likeness (QED) is 0.453. The first-order valence-corrected chi connectivity index (χ1v) is 9.78. The molecule has 0 aliphatic heterocycles. The minimum absolute atomic E-state index is 0.152. The number of hydrogen-bond donors (Lipinski definition) is 3. The van der Waals surface area contributed by atoms with Gasteiger partial charge in [0.2, 0.25) is 0 Å². The number of hydrazine groups is 1. The van der Waals surface area contributed by atoms with Crippen LogP contribution in [-0.2, 0) is 6.54 Å². The van der Waals surface area contributed by atoms with Crippen LogP contribution in [-0.4, -0.2) is 20.8 Å². The van der Waals surface area contributed by atoms with Crippen LogP contribution in [0.3, 0.4) is 0 Å². The van der Waals surface area contributed by atoms with Gasteiger partial charge in [-0.25, -0.2) is 4.68 Å². The van der Waals surface area contributed by atoms with Gasteiger partial charge in [-0.1, -0.05) is 44.2 Å². The molecule has 8 heteroatoms. The molecule has 0 saturated carbocycles. The zero-order valence-corrected chi connectivity index (χ0v) is 17.3. The van der Waals surface area contributed by atoms with Crippen molar-refractivity contribution in [2.75, 3.05) is 5.32 Å². The van der Waals surface area contributed by atoms with Gasteiger partial charge in [-0.05, 0) is 48.8 Å². The number of aromatic nitrogens is 2. The smallest absolute Gasteiger partial charge is 0.290 e. The monoisotopic (exact) mass is 409 g/mol. The first-order valence-electron chi connectivity index (χ1n) is 9.38. The SMILES string of the molecule is CCn1nc(C(=O)NNC(=S)Nc2ccc(C(C)C)cc2)c2ccccc2c1=O. The second-order valence-corrected chi connectivity index (χ2v) is 7.23. The van der Waals surface area contributed by atoms with E-state index < -0.39 is 5.91 Å². The molecule has 0 unspecified atom stereocenters. The molecular weight excluding hydrogens is 386 g/mol. The molecule has 3 aromatic rings. The Balaban J connectivity index is 1.71. The van der Waals surface area contributed by atoms with Crippen LogP contribution in [0.25, 0.3) is 10.8 Å². The number of rotatable bonds is 4. The van der Waals surface area contributed by atoms with Gasteiger partial charge in [0.05, 0.1) is 5.39 Å². The van der Waals surface area contributed by atoms with Gasteiger partial charge in [-0.3, -0.25) is 20.4 Å². The van der Waals surface area contributed by atoms with Crippen molar-refractivity contribution in [2.24, 2.45) is 0 Å². The fourth-order valence-electron chi connectivity index (χ4n) is 2.90. The summed E-state index contributed by atoms with van der Waals surface area (Å²) in [6, 6.07) is 14.8. The molecule has 1 aromatic heterocycles. The van der Waals surface area contributed by atoms with Crippen molar-refractivity contribution in [3.63, 3.8) is 0 Å². The molecule has 0 bridgehead atoms. The molecule has 3 N–H and O–H groups in total. The van der Waals surface area contributed by atoms with Crippen molar-refractivity contribution < 1.29 is 4.79 Å². The first-order chi connectivity index (χ1) is 13.9. The predicted molar refractivity (Wildman–Crippen MR) is 119 cm³/mol. The van der Waals surface area contributed by atoms with Gasteiger partial charge in [-0.2, -0.15) is 5.10 Å². The van der Waals surface area contributed by atoms with Crippen molar-refractivity contribution in [3.8, 4) is 0 Å². The maximum absolute atomic E-state index is 12.7. The van der Waals surface area contributed by atoms with Crippen molar-refractivity contribution in [3.05, 3.63) is 70.1 Å². The third kappa shape index (κ3) is 4.60. The number of nitrogens with zero attached hydrogens (tertiary/aromatic N) is 2. The molecule has 0 atom stereocenters. The van der Waals surface area contributed by atoms with Crippen LogP contribution < -0.4 is 21.7 Å². The van der Waals surface area contributed by atoms with Gasteiger partial charge < -0.3 is 5.32 Å². The number of hydrogen-bond acceptors (Lipinski definition) is 4. The molecule has 29 heavy (non-hydrogen) atoms. The summed E-state index contributed by atoms with van der Waals surface area (Å²) < 4.78 is 1.27. The number of thiocarbonyl (C=S) groups is 1. The number of fused-ring (bicyclic) bond motifs is 1. The third-order valence-electron chi connectivity index (χ3n) is 4.51. The number of benzene rings is 2. The Labute approximate surface area is 174 Å². The average molecular weight is 410 g/mol. The minimum Gasteiger partial charge on any atom is -0.331 e. The lowest BCUT2D eigenvalue weighted by atomic mass is 10.0. The van der Waals surface area contributed by atoms with E-state index in [4.69, 9.17) is 12.2 Å². The van der Waals surface area contributed by atoms with E-state index in [0.29, 0.717) is 23.2 Å². The normalized spacial score (nSPS) is 10.8. The Bertz CT molecular complexity index is 1110. The summed E-state index contributed by atoms with van der Waals surface area (Å²) in [7, 11) is 0. The molecule has 2 aromatic carbocycles. The lowest BCUT2D eigenvalue weighted by Crippen LogP contribution is -2.44. The summed E-state index contributed by atoms with van der Waals surface area (Å²) in [4.78, 5) is 25.1. The first kappa shape index (κ1) is 20.5. The largest absolute Gasteiger partial charge is 0.331 e. The molecule has 1 amide bonds. The molecule has 0 spiro atoms. The lowest BCUT2D eigenvalue weighted by Gasteiger charge is -2.13. The second-order valence-electron chi connectivity index (χ2n) is 6.83. The highest BCUT2D eigenvalue weighted by Gasteiger charge is 2.16. The number of aryl methyl sites for hydroxylation is 1. The molecule has 0 fully saturated rings. The average Bonchev–Trinajstić information content (AvgIpc) is 2.73. The van der Waals surface area contributed by atoms with E-state index in [1.807, 2.05) is 24.3 Å². The molecule has 1 heterocycles. The summed E-state index contributed by atoms with van der Waals surface area (Å²) in [5, 5.41) is 8.38. The summed E-state index contributed by atoms with van der Waals surface area (Å²) >= 11 is 5.24. The Morgan fingerprint density at radius 2 is 1.72 bits per heavy atom. The number of carbonyl (C=O) groups excluding carboxylic acids is 1. The topological polar surface area (TPSA) is 88.1 Å². The van der Waals surface area contributed by atoms with Crippen LogP contribution in [0.2, 0.25) is 0 Å². The predicted octanol–water partition coefficient (Wildman–Crippen LogP) is 3.17. The molecule has 3 rings (SSSR count). The Hall–Kier alpha value is -3.26. The number of anilines is 1. The Kier molecular flexibility index (Phi) is 6.23. The number of amides is 1. The molecule has 150 valence electrons. The van der Waals surface area contributed by atoms with Crippen LogP contribution in [0.1, 0.15) is 42.7 Å². The van der Waals surface area contributed by atoms with E-state index in [1.54, 1.807) is 31.2 Å². The molecule has 0 saturated heterocycles. The van der Waals surface area contributed by atoms with Gasteiger partial charge in [0.1, 0.15) is 0 Å². The van der Waals surface area contributed by atoms with Crippen molar-refractivity contribution in [2.45, 2.75) is 33.2 Å². The summed E-state index contributed by atoms with van der Waals surface area (Å²) in [5.74, 6) is -0.0372. The zero-order chi connectivity index (χ0) is 21.0. The van der Waals surface area contributed by atoms with Crippen molar-refractivity contribution in [1.29, 1.82) is 0 Å². The summed E-state index contributed by atoms with van der Waals surface area (Å²) in [5.41, 5.74) is 7.18. The van der Waals surface area contributed by atoms with Crippen LogP contribution in [0.15, 0.2) is 53.3 Å². The van der Waals surface area contributed by atoms with Gasteiger partial charge in [-0.15, -0.1) is 0 Å². The van der Waals surface area contributed by atoms with E-state index in [-0.39, 0.29) is 16.4 Å². The minimum atomic E-state index is -0.484. The Morgan fingerprint density at radius 3 is 2.34 bits per heavy atom. The standard InChI is InChI=1S/C21H23N5O2S/c1-4-26-20(28)17-8-6-5-7-16(17)18(25-26)19(27)23-24-21(29)22-15-11-9-14(10-12-15)13(2)3/h5-13H,4H2,1-3H3,(H,23,27)(H2,22,24,29). The highest BCUT2D eigenvalue weighted by Crippen LogP contribution is 2.17.